The topological polar surface area (TPSA) is 37.3 Å². The first kappa shape index (κ1) is 22.1. The van der Waals surface area contributed by atoms with Gasteiger partial charge < -0.3 is 7.96 Å². The average Bonchev–Trinajstić information content (AvgIpc) is 2.34. The Morgan fingerprint density at radius 1 is 0.895 bits per heavy atom. The number of rotatable bonds is 13. The van der Waals surface area contributed by atoms with Gasteiger partial charge in [-0.3, -0.25) is 4.79 Å². The third-order valence-electron chi connectivity index (χ3n) is 3.15. The van der Waals surface area contributed by atoms with Gasteiger partial charge >= 0.3 is 54.9 Å². The van der Waals surface area contributed by atoms with E-state index in [9.17, 15) is 4.79 Å². The molecular weight excluding hydrogens is 362 g/mol. The van der Waals surface area contributed by atoms with Crippen molar-refractivity contribution in [1.29, 1.82) is 0 Å². The first-order chi connectivity index (χ1) is 8.77. The molecule has 0 saturated heterocycles. The second kappa shape index (κ2) is 18.8. The standard InChI is InChI=1S/C16H30O2.Ba.2H/c1-2-3-4-5-6-7-8-9-10-11-12-13-14-15-16(17)18;;;/h7-8H,2-6,9-15H2,1H3,(H,17,18);;;/q;+2;2*-1. The number of allylic oxidation sites excluding steroid dienone is 2. The minimum atomic E-state index is -0.666. The Bertz CT molecular complexity index is 224. The molecule has 0 amide bonds. The summed E-state index contributed by atoms with van der Waals surface area (Å²) in [5.74, 6) is -0.666. The van der Waals surface area contributed by atoms with E-state index in [0.717, 1.165) is 12.8 Å². The fourth-order valence-corrected chi connectivity index (χ4v) is 1.99. The summed E-state index contributed by atoms with van der Waals surface area (Å²) in [6.07, 6.45) is 18.3. The molecule has 0 fully saturated rings. The van der Waals surface area contributed by atoms with Crippen LogP contribution in [0.15, 0.2) is 12.2 Å². The molecule has 0 aromatic carbocycles. The molecule has 0 aliphatic carbocycles. The monoisotopic (exact) mass is 394 g/mol. The number of carboxylic acids is 1. The van der Waals surface area contributed by atoms with E-state index in [1.165, 1.54) is 57.8 Å². The van der Waals surface area contributed by atoms with Crippen molar-refractivity contribution in [3.8, 4) is 0 Å². The zero-order valence-electron chi connectivity index (χ0n) is 14.7. The van der Waals surface area contributed by atoms with Crippen molar-refractivity contribution in [1.82, 2.24) is 0 Å². The van der Waals surface area contributed by atoms with Crippen LogP contribution >= 0.6 is 0 Å². The van der Waals surface area contributed by atoms with Crippen LogP contribution in [0.5, 0.6) is 0 Å². The Kier molecular flexibility index (Phi) is 21.8. The molecule has 0 radical (unpaired) electrons. The summed E-state index contributed by atoms with van der Waals surface area (Å²) >= 11 is 0. The van der Waals surface area contributed by atoms with E-state index in [0.29, 0.717) is 6.42 Å². The van der Waals surface area contributed by atoms with Gasteiger partial charge in [-0.25, -0.2) is 0 Å². The van der Waals surface area contributed by atoms with Crippen LogP contribution in [0.3, 0.4) is 0 Å². The van der Waals surface area contributed by atoms with Gasteiger partial charge in [-0.2, -0.15) is 0 Å². The van der Waals surface area contributed by atoms with Gasteiger partial charge in [0, 0.05) is 6.42 Å². The Morgan fingerprint density at radius 2 is 1.37 bits per heavy atom. The van der Waals surface area contributed by atoms with Crippen LogP contribution in [0.2, 0.25) is 0 Å². The molecule has 19 heavy (non-hydrogen) atoms. The fraction of sp³-hybridized carbons (Fsp3) is 0.812. The molecule has 0 bridgehead atoms. The quantitative estimate of drug-likeness (QED) is 0.266. The Labute approximate surface area is 162 Å². The van der Waals surface area contributed by atoms with Gasteiger partial charge in [0.15, 0.2) is 0 Å². The molecule has 3 heteroatoms. The first-order valence-corrected chi connectivity index (χ1v) is 7.64. The second-order valence-electron chi connectivity index (χ2n) is 5.02. The molecule has 0 spiro atoms. The minimum Gasteiger partial charge on any atom is -1.00 e. The van der Waals surface area contributed by atoms with Gasteiger partial charge in [0.1, 0.15) is 0 Å². The van der Waals surface area contributed by atoms with Crippen molar-refractivity contribution in [2.75, 3.05) is 0 Å². The molecule has 0 saturated carbocycles. The smallest absolute Gasteiger partial charge is 1.00 e. The van der Waals surface area contributed by atoms with Gasteiger partial charge in [-0.05, 0) is 32.1 Å². The van der Waals surface area contributed by atoms with E-state index in [-0.39, 0.29) is 51.7 Å². The van der Waals surface area contributed by atoms with Crippen LogP contribution in [0, 0.1) is 0 Å². The third kappa shape index (κ3) is 21.2. The van der Waals surface area contributed by atoms with Gasteiger partial charge in [-0.1, -0.05) is 57.6 Å². The van der Waals surface area contributed by atoms with E-state index < -0.39 is 5.97 Å². The van der Waals surface area contributed by atoms with E-state index in [1.54, 1.807) is 0 Å². The summed E-state index contributed by atoms with van der Waals surface area (Å²) in [7, 11) is 0. The summed E-state index contributed by atoms with van der Waals surface area (Å²) in [4.78, 5) is 10.3. The maximum Gasteiger partial charge on any atom is 2.00 e. The van der Waals surface area contributed by atoms with Crippen LogP contribution < -0.4 is 0 Å². The normalized spacial score (nSPS) is 10.6. The number of unbranched alkanes of at least 4 members (excludes halogenated alkanes) is 9. The van der Waals surface area contributed by atoms with Crippen molar-refractivity contribution < 1.29 is 12.8 Å². The zero-order valence-corrected chi connectivity index (χ0v) is 17.1. The van der Waals surface area contributed by atoms with Crippen LogP contribution in [-0.4, -0.2) is 60.0 Å². The number of carbonyl (C=O) groups is 1. The Hall–Kier alpha value is 0.781. The molecule has 0 aliphatic heterocycles. The van der Waals surface area contributed by atoms with Crippen LogP contribution in [0.4, 0.5) is 0 Å². The van der Waals surface area contributed by atoms with Crippen molar-refractivity contribution in [3.63, 3.8) is 0 Å². The van der Waals surface area contributed by atoms with Gasteiger partial charge in [0.2, 0.25) is 0 Å². The van der Waals surface area contributed by atoms with Crippen molar-refractivity contribution in [2.24, 2.45) is 0 Å². The molecule has 110 valence electrons. The summed E-state index contributed by atoms with van der Waals surface area (Å²) < 4.78 is 0. The van der Waals surface area contributed by atoms with Crippen LogP contribution in [-0.2, 0) is 4.79 Å². The largest absolute Gasteiger partial charge is 2.00 e. The molecule has 0 unspecified atom stereocenters. The summed E-state index contributed by atoms with van der Waals surface area (Å²) in [6.45, 7) is 2.24. The van der Waals surface area contributed by atoms with Gasteiger partial charge in [0.25, 0.3) is 0 Å². The minimum absolute atomic E-state index is 0. The molecule has 0 heterocycles. The zero-order chi connectivity index (χ0) is 13.5. The second-order valence-corrected chi connectivity index (χ2v) is 5.02. The summed E-state index contributed by atoms with van der Waals surface area (Å²) in [5, 5.41) is 8.48. The first-order valence-electron chi connectivity index (χ1n) is 7.64. The SMILES string of the molecule is CCCCCCC=CCCCCCCCC(=O)O.[Ba+2].[H-].[H-]. The van der Waals surface area contributed by atoms with Crippen molar-refractivity contribution >= 4 is 54.9 Å². The number of hydrogen-bond acceptors (Lipinski definition) is 1. The van der Waals surface area contributed by atoms with E-state index in [1.807, 2.05) is 0 Å². The Balaban J connectivity index is -0.000000482. The molecule has 0 aromatic rings. The maximum atomic E-state index is 10.3. The number of aliphatic carboxylic acids is 1. The molecule has 2 nitrogen and oxygen atoms in total. The van der Waals surface area contributed by atoms with E-state index >= 15 is 0 Å². The average molecular weight is 394 g/mol. The summed E-state index contributed by atoms with van der Waals surface area (Å²) in [6, 6.07) is 0. The van der Waals surface area contributed by atoms with Crippen molar-refractivity contribution in [2.45, 2.75) is 84.0 Å². The van der Waals surface area contributed by atoms with E-state index in [2.05, 4.69) is 19.1 Å². The van der Waals surface area contributed by atoms with Gasteiger partial charge in [-0.15, -0.1) is 0 Å². The van der Waals surface area contributed by atoms with Crippen molar-refractivity contribution in [3.05, 3.63) is 12.2 Å². The molecule has 0 aromatic heterocycles. The predicted octanol–water partition coefficient (Wildman–Crippen LogP) is 5.17. The molecule has 0 aliphatic rings. The number of hydrogen-bond donors (Lipinski definition) is 1. The Morgan fingerprint density at radius 3 is 1.89 bits per heavy atom. The van der Waals surface area contributed by atoms with Crippen LogP contribution in [0.1, 0.15) is 86.8 Å². The van der Waals surface area contributed by atoms with E-state index in [4.69, 9.17) is 5.11 Å². The predicted molar refractivity (Wildman–Crippen MR) is 85.8 cm³/mol. The fourth-order valence-electron chi connectivity index (χ4n) is 1.99. The third-order valence-corrected chi connectivity index (χ3v) is 3.15. The molecular formula is C16H32BaO2. The van der Waals surface area contributed by atoms with Gasteiger partial charge in [0.05, 0.1) is 0 Å². The number of carboxylic acid groups (broad SMARTS) is 1. The van der Waals surface area contributed by atoms with Crippen LogP contribution in [0.25, 0.3) is 0 Å². The summed E-state index contributed by atoms with van der Waals surface area (Å²) in [5.41, 5.74) is 0. The molecule has 0 rings (SSSR count). The maximum absolute atomic E-state index is 10.3. The molecule has 1 N–H and O–H groups in total. The molecule has 0 atom stereocenters.